The van der Waals surface area contributed by atoms with Crippen molar-refractivity contribution in [3.05, 3.63) is 59.4 Å². The fourth-order valence-electron chi connectivity index (χ4n) is 3.29. The van der Waals surface area contributed by atoms with Crippen LogP contribution in [0.3, 0.4) is 0 Å². The molecular weight excluding hydrogens is 344 g/mol. The summed E-state index contributed by atoms with van der Waals surface area (Å²) in [6.45, 7) is 4.30. The third kappa shape index (κ3) is 4.08. The van der Waals surface area contributed by atoms with Crippen LogP contribution in [-0.4, -0.2) is 51.9 Å². The lowest BCUT2D eigenvalue weighted by Gasteiger charge is -2.34. The Balaban J connectivity index is 1.26. The van der Waals surface area contributed by atoms with Crippen molar-refractivity contribution in [3.8, 4) is 0 Å². The monoisotopic (exact) mass is 366 g/mol. The Morgan fingerprint density at radius 3 is 2.69 bits per heavy atom. The van der Waals surface area contributed by atoms with Gasteiger partial charge in [0.2, 0.25) is 5.91 Å². The number of amides is 1. The Labute approximate surface area is 157 Å². The number of fused-ring (bicyclic) bond motifs is 1. The van der Waals surface area contributed by atoms with Crippen LogP contribution in [0, 0.1) is 0 Å². The fraction of sp³-hybridized carbons (Fsp3) is 0.350. The van der Waals surface area contributed by atoms with Crippen LogP contribution < -0.4 is 0 Å². The number of hydrogen-bond acceptors (Lipinski definition) is 5. The van der Waals surface area contributed by atoms with E-state index in [1.54, 1.807) is 17.5 Å². The minimum Gasteiger partial charge on any atom is -0.340 e. The highest BCUT2D eigenvalue weighted by atomic mass is 32.1. The van der Waals surface area contributed by atoms with E-state index in [0.29, 0.717) is 6.42 Å². The summed E-state index contributed by atoms with van der Waals surface area (Å²) in [6, 6.07) is 12.2. The molecule has 134 valence electrons. The van der Waals surface area contributed by atoms with Crippen molar-refractivity contribution < 1.29 is 4.79 Å². The normalized spacial score (nSPS) is 15.5. The second-order valence-electron chi connectivity index (χ2n) is 6.59. The summed E-state index contributed by atoms with van der Waals surface area (Å²) >= 11 is 1.76. The van der Waals surface area contributed by atoms with E-state index in [1.807, 2.05) is 29.3 Å². The van der Waals surface area contributed by atoms with Crippen molar-refractivity contribution in [1.82, 2.24) is 19.8 Å². The molecule has 0 N–H and O–H groups in total. The topological polar surface area (TPSA) is 49.3 Å². The largest absolute Gasteiger partial charge is 0.340 e. The van der Waals surface area contributed by atoms with Crippen LogP contribution >= 0.6 is 11.3 Å². The first-order chi connectivity index (χ1) is 12.8. The van der Waals surface area contributed by atoms with E-state index in [4.69, 9.17) is 4.98 Å². The van der Waals surface area contributed by atoms with Gasteiger partial charge in [-0.1, -0.05) is 18.2 Å². The molecule has 26 heavy (non-hydrogen) atoms. The lowest BCUT2D eigenvalue weighted by molar-refractivity contribution is -0.133. The van der Waals surface area contributed by atoms with Crippen molar-refractivity contribution in [2.45, 2.75) is 19.4 Å². The van der Waals surface area contributed by atoms with Gasteiger partial charge in [-0.25, -0.2) is 4.98 Å². The Hall–Kier alpha value is -2.31. The molecule has 3 heterocycles. The maximum atomic E-state index is 12.4. The van der Waals surface area contributed by atoms with Gasteiger partial charge in [-0.15, -0.1) is 11.3 Å². The minimum absolute atomic E-state index is 0.244. The molecule has 0 aliphatic carbocycles. The average Bonchev–Trinajstić information content (AvgIpc) is 3.10. The maximum Gasteiger partial charge on any atom is 0.222 e. The number of thiazole rings is 1. The highest BCUT2D eigenvalue weighted by molar-refractivity contribution is 7.18. The van der Waals surface area contributed by atoms with Gasteiger partial charge in [0.15, 0.2) is 0 Å². The van der Waals surface area contributed by atoms with Gasteiger partial charge in [0.05, 0.1) is 16.8 Å². The molecule has 2 aromatic heterocycles. The van der Waals surface area contributed by atoms with E-state index in [0.717, 1.165) is 55.2 Å². The Bertz CT molecular complexity index is 839. The van der Waals surface area contributed by atoms with Crippen LogP contribution in [0.1, 0.15) is 17.0 Å². The Morgan fingerprint density at radius 2 is 1.92 bits per heavy atom. The maximum absolute atomic E-state index is 12.4. The number of benzene rings is 1. The molecule has 0 spiro atoms. The number of aryl methyl sites for hydroxylation is 1. The van der Waals surface area contributed by atoms with E-state index >= 15 is 0 Å². The van der Waals surface area contributed by atoms with Crippen molar-refractivity contribution in [1.29, 1.82) is 0 Å². The zero-order valence-electron chi connectivity index (χ0n) is 14.7. The van der Waals surface area contributed by atoms with Gasteiger partial charge >= 0.3 is 0 Å². The van der Waals surface area contributed by atoms with Gasteiger partial charge < -0.3 is 4.90 Å². The standard InChI is InChI=1S/C20H22N4OS/c25-20(8-7-16-4-3-9-21-14-16)24-12-10-23(11-13-24)15-19-22-17-5-1-2-6-18(17)26-19/h1-6,9,14H,7-8,10-13,15H2. The molecule has 0 bridgehead atoms. The summed E-state index contributed by atoms with van der Waals surface area (Å²) in [6.07, 6.45) is 4.92. The van der Waals surface area contributed by atoms with Gasteiger partial charge in [-0.3, -0.25) is 14.7 Å². The van der Waals surface area contributed by atoms with Gasteiger partial charge in [-0.2, -0.15) is 0 Å². The number of para-hydroxylation sites is 1. The van der Waals surface area contributed by atoms with Crippen LogP contribution in [0.25, 0.3) is 10.2 Å². The number of carbonyl (C=O) groups excluding carboxylic acids is 1. The Kier molecular flexibility index (Phi) is 5.22. The first-order valence-corrected chi connectivity index (χ1v) is 9.83. The molecule has 4 rings (SSSR count). The zero-order chi connectivity index (χ0) is 17.8. The molecule has 0 saturated carbocycles. The highest BCUT2D eigenvalue weighted by Gasteiger charge is 2.21. The number of nitrogens with zero attached hydrogens (tertiary/aromatic N) is 4. The number of aromatic nitrogens is 2. The van der Waals surface area contributed by atoms with Crippen LogP contribution in [0.15, 0.2) is 48.8 Å². The number of piperazine rings is 1. The summed E-state index contributed by atoms with van der Waals surface area (Å²) in [5.74, 6) is 0.244. The van der Waals surface area contributed by atoms with Crippen molar-refractivity contribution in [3.63, 3.8) is 0 Å². The summed E-state index contributed by atoms with van der Waals surface area (Å²) in [4.78, 5) is 25.6. The average molecular weight is 366 g/mol. The molecule has 5 nitrogen and oxygen atoms in total. The SMILES string of the molecule is O=C(CCc1cccnc1)N1CCN(Cc2nc3ccccc3s2)CC1. The molecule has 0 unspecified atom stereocenters. The molecule has 1 fully saturated rings. The highest BCUT2D eigenvalue weighted by Crippen LogP contribution is 2.23. The number of rotatable bonds is 5. The van der Waals surface area contributed by atoms with E-state index in [2.05, 4.69) is 28.1 Å². The first-order valence-electron chi connectivity index (χ1n) is 9.01. The van der Waals surface area contributed by atoms with Crippen LogP contribution in [0.5, 0.6) is 0 Å². The summed E-state index contributed by atoms with van der Waals surface area (Å²) in [7, 11) is 0. The van der Waals surface area contributed by atoms with E-state index in [9.17, 15) is 4.79 Å². The Morgan fingerprint density at radius 1 is 1.08 bits per heavy atom. The van der Waals surface area contributed by atoms with Crippen molar-refractivity contribution in [2.75, 3.05) is 26.2 Å². The van der Waals surface area contributed by atoms with Crippen molar-refractivity contribution in [2.24, 2.45) is 0 Å². The van der Waals surface area contributed by atoms with E-state index < -0.39 is 0 Å². The summed E-state index contributed by atoms with van der Waals surface area (Å²) in [5, 5.41) is 1.16. The van der Waals surface area contributed by atoms with Gasteiger partial charge in [0.1, 0.15) is 5.01 Å². The summed E-state index contributed by atoms with van der Waals surface area (Å²) < 4.78 is 1.24. The zero-order valence-corrected chi connectivity index (χ0v) is 15.5. The molecule has 1 amide bonds. The molecule has 0 radical (unpaired) electrons. The lowest BCUT2D eigenvalue weighted by Crippen LogP contribution is -2.48. The van der Waals surface area contributed by atoms with Crippen LogP contribution in [0.4, 0.5) is 0 Å². The quantitative estimate of drug-likeness (QED) is 0.697. The third-order valence-corrected chi connectivity index (χ3v) is 5.79. The van der Waals surface area contributed by atoms with Crippen LogP contribution in [0.2, 0.25) is 0 Å². The van der Waals surface area contributed by atoms with Gasteiger partial charge in [0, 0.05) is 45.0 Å². The van der Waals surface area contributed by atoms with Gasteiger partial charge in [-0.05, 0) is 30.2 Å². The molecule has 0 atom stereocenters. The molecule has 6 heteroatoms. The molecule has 1 aliphatic heterocycles. The van der Waals surface area contributed by atoms with Gasteiger partial charge in [0.25, 0.3) is 0 Å². The van der Waals surface area contributed by atoms with E-state index in [1.165, 1.54) is 4.70 Å². The fourth-order valence-corrected chi connectivity index (χ4v) is 4.30. The predicted molar refractivity (Wildman–Crippen MR) is 104 cm³/mol. The lowest BCUT2D eigenvalue weighted by atomic mass is 10.1. The minimum atomic E-state index is 0.244. The summed E-state index contributed by atoms with van der Waals surface area (Å²) in [5.41, 5.74) is 2.20. The smallest absolute Gasteiger partial charge is 0.222 e. The molecule has 1 aliphatic rings. The van der Waals surface area contributed by atoms with Crippen LogP contribution in [-0.2, 0) is 17.8 Å². The molecule has 3 aromatic rings. The van der Waals surface area contributed by atoms with E-state index in [-0.39, 0.29) is 5.91 Å². The molecule has 1 aromatic carbocycles. The third-order valence-electron chi connectivity index (χ3n) is 4.77. The molecule has 1 saturated heterocycles. The first kappa shape index (κ1) is 17.1. The number of carbonyl (C=O) groups is 1. The molecular formula is C20H22N4OS. The second-order valence-corrected chi connectivity index (χ2v) is 7.71. The number of hydrogen-bond donors (Lipinski definition) is 0. The number of pyridine rings is 1. The van der Waals surface area contributed by atoms with Crippen molar-refractivity contribution >= 4 is 27.5 Å². The second kappa shape index (κ2) is 7.93. The predicted octanol–water partition coefficient (Wildman–Crippen LogP) is 2.97.